The summed E-state index contributed by atoms with van der Waals surface area (Å²) >= 11 is 0. The predicted octanol–water partition coefficient (Wildman–Crippen LogP) is 5.99. The number of benzene rings is 2. The third kappa shape index (κ3) is 6.15. The highest BCUT2D eigenvalue weighted by molar-refractivity contribution is 5.76. The molecule has 0 aromatic heterocycles. The zero-order valence-corrected chi connectivity index (χ0v) is 23.8. The maximum absolute atomic E-state index is 13.2. The fourth-order valence-electron chi connectivity index (χ4n) is 6.17. The summed E-state index contributed by atoms with van der Waals surface area (Å²) in [5.41, 5.74) is 2.83. The Kier molecular flexibility index (Phi) is 8.98. The van der Waals surface area contributed by atoms with Gasteiger partial charge >= 0.3 is 5.97 Å². The molecule has 4 rings (SSSR count). The second-order valence-corrected chi connectivity index (χ2v) is 11.7. The topological polar surface area (TPSA) is 74.2 Å². The van der Waals surface area contributed by atoms with Crippen molar-refractivity contribution in [2.45, 2.75) is 98.1 Å². The van der Waals surface area contributed by atoms with E-state index in [-0.39, 0.29) is 36.1 Å². The molecule has 2 fully saturated rings. The summed E-state index contributed by atoms with van der Waals surface area (Å²) in [6, 6.07) is 15.8. The summed E-state index contributed by atoms with van der Waals surface area (Å²) < 4.78 is 25.0. The number of hydrogen-bond donors (Lipinski definition) is 1. The van der Waals surface area contributed by atoms with Gasteiger partial charge in [-0.05, 0) is 50.8 Å². The molecule has 0 aliphatic carbocycles. The minimum Gasteiger partial charge on any atom is -0.426 e. The third-order valence-corrected chi connectivity index (χ3v) is 8.65. The van der Waals surface area contributed by atoms with Gasteiger partial charge < -0.3 is 24.1 Å². The smallest absolute Gasteiger partial charge is 0.316 e. The molecule has 1 N–H and O–H groups in total. The molecule has 2 aliphatic heterocycles. The van der Waals surface area contributed by atoms with Gasteiger partial charge in [0.15, 0.2) is 5.79 Å². The van der Waals surface area contributed by atoms with Crippen LogP contribution >= 0.6 is 0 Å². The van der Waals surface area contributed by atoms with E-state index >= 15 is 0 Å². The molecule has 38 heavy (non-hydrogen) atoms. The summed E-state index contributed by atoms with van der Waals surface area (Å²) in [7, 11) is 0. The van der Waals surface area contributed by atoms with E-state index in [2.05, 4.69) is 13.8 Å². The van der Waals surface area contributed by atoms with Crippen molar-refractivity contribution < 1.29 is 28.8 Å². The van der Waals surface area contributed by atoms with Crippen LogP contribution in [0.1, 0.15) is 64.2 Å². The van der Waals surface area contributed by atoms with Gasteiger partial charge in [0.1, 0.15) is 5.75 Å². The van der Waals surface area contributed by atoms with E-state index in [1.54, 1.807) is 6.92 Å². The Morgan fingerprint density at radius 2 is 1.71 bits per heavy atom. The number of carbonyl (C=O) groups excluding carboxylic acids is 1. The molecule has 0 radical (unpaired) electrons. The van der Waals surface area contributed by atoms with E-state index in [0.717, 1.165) is 29.5 Å². The maximum Gasteiger partial charge on any atom is 0.316 e. The van der Waals surface area contributed by atoms with Crippen molar-refractivity contribution >= 4 is 5.97 Å². The lowest BCUT2D eigenvalue weighted by Gasteiger charge is -2.46. The van der Waals surface area contributed by atoms with E-state index < -0.39 is 23.8 Å². The van der Waals surface area contributed by atoms with Gasteiger partial charge in [0.2, 0.25) is 0 Å². The molecule has 0 spiro atoms. The van der Waals surface area contributed by atoms with Gasteiger partial charge in [-0.1, -0.05) is 69.3 Å². The van der Waals surface area contributed by atoms with Crippen LogP contribution in [0.2, 0.25) is 0 Å². The van der Waals surface area contributed by atoms with Crippen LogP contribution in [0.5, 0.6) is 5.75 Å². The van der Waals surface area contributed by atoms with Gasteiger partial charge in [-0.2, -0.15) is 0 Å². The normalized spacial score (nSPS) is 28.8. The predicted molar refractivity (Wildman–Crippen MR) is 147 cm³/mol. The van der Waals surface area contributed by atoms with Crippen LogP contribution in [-0.2, 0) is 25.6 Å². The van der Waals surface area contributed by atoms with Crippen LogP contribution in [0.25, 0.3) is 0 Å². The molecule has 2 aliphatic rings. The van der Waals surface area contributed by atoms with Crippen LogP contribution < -0.4 is 4.74 Å². The Balaban J connectivity index is 1.53. The zero-order valence-electron chi connectivity index (χ0n) is 23.8. The van der Waals surface area contributed by atoms with Crippen LogP contribution in [0, 0.1) is 37.5 Å². The van der Waals surface area contributed by atoms with Gasteiger partial charge in [0, 0.05) is 24.2 Å². The standard InChI is InChI=1S/C32H44O6/c1-19-12-11-13-20(2)28(19)36-31(34)23(5)27(33)22(4)29(35-18-25-14-9-8-10-15-25)24(6)30-21(3)26-16-17-32(7,37-26)38-30/h8-15,21-24,26-27,29-30,33H,16-18H2,1-7H3/t21-,22-,23-,24-,26+,27-,29-,30-,32+/m1/s1. The maximum atomic E-state index is 13.2. The fourth-order valence-corrected chi connectivity index (χ4v) is 6.17. The Bertz CT molecular complexity index is 1070. The molecule has 2 aromatic carbocycles. The van der Waals surface area contributed by atoms with E-state index in [4.69, 9.17) is 18.9 Å². The number of rotatable bonds is 10. The molecular weight excluding hydrogens is 480 g/mol. The molecule has 9 atom stereocenters. The Morgan fingerprint density at radius 1 is 1.05 bits per heavy atom. The zero-order chi connectivity index (χ0) is 27.6. The van der Waals surface area contributed by atoms with Crippen LogP contribution in [0.15, 0.2) is 48.5 Å². The SMILES string of the molecule is Cc1cccc(C)c1OC(=O)[C@H](C)[C@H](O)[C@@H](C)[C@@H](OCc1ccccc1)[C@@H](C)[C@@H]1O[C@@]2(C)CC[C@H](O2)[C@H]1C. The molecule has 208 valence electrons. The summed E-state index contributed by atoms with van der Waals surface area (Å²) in [4.78, 5) is 13.2. The summed E-state index contributed by atoms with van der Waals surface area (Å²) in [5, 5.41) is 11.5. The molecule has 6 nitrogen and oxygen atoms in total. The minimum absolute atomic E-state index is 0.0379. The molecule has 2 aromatic rings. The average molecular weight is 525 g/mol. The van der Waals surface area contributed by atoms with E-state index in [0.29, 0.717) is 12.4 Å². The van der Waals surface area contributed by atoms with Crippen molar-refractivity contribution in [3.05, 3.63) is 65.2 Å². The van der Waals surface area contributed by atoms with E-state index in [9.17, 15) is 9.90 Å². The van der Waals surface area contributed by atoms with Gasteiger partial charge in [-0.25, -0.2) is 0 Å². The van der Waals surface area contributed by atoms with E-state index in [1.807, 2.05) is 76.2 Å². The van der Waals surface area contributed by atoms with Crippen molar-refractivity contribution in [1.82, 2.24) is 0 Å². The van der Waals surface area contributed by atoms with Gasteiger partial charge in [-0.3, -0.25) is 4.79 Å². The van der Waals surface area contributed by atoms with E-state index in [1.165, 1.54) is 0 Å². The second-order valence-electron chi connectivity index (χ2n) is 11.7. The molecule has 0 unspecified atom stereocenters. The van der Waals surface area contributed by atoms with Crippen molar-refractivity contribution in [2.75, 3.05) is 0 Å². The van der Waals surface area contributed by atoms with Crippen molar-refractivity contribution in [1.29, 1.82) is 0 Å². The number of carbonyl (C=O) groups is 1. The first-order valence-electron chi connectivity index (χ1n) is 14.0. The number of aryl methyl sites for hydroxylation is 2. The van der Waals surface area contributed by atoms with Crippen LogP contribution in [-0.4, -0.2) is 41.3 Å². The van der Waals surface area contributed by atoms with Gasteiger partial charge in [-0.15, -0.1) is 0 Å². The quantitative estimate of drug-likeness (QED) is 0.304. The van der Waals surface area contributed by atoms with Crippen molar-refractivity contribution in [3.63, 3.8) is 0 Å². The summed E-state index contributed by atoms with van der Waals surface area (Å²) in [5.74, 6) is -1.40. The first-order chi connectivity index (χ1) is 18.0. The molecule has 0 amide bonds. The summed E-state index contributed by atoms with van der Waals surface area (Å²) in [6.45, 7) is 14.2. The first kappa shape index (κ1) is 28.8. The number of ether oxygens (including phenoxy) is 4. The molecular formula is C32H44O6. The molecule has 2 saturated heterocycles. The Morgan fingerprint density at radius 3 is 2.37 bits per heavy atom. The Labute approximate surface area is 227 Å². The van der Waals surface area contributed by atoms with Crippen LogP contribution in [0.3, 0.4) is 0 Å². The lowest BCUT2D eigenvalue weighted by molar-refractivity contribution is -0.311. The van der Waals surface area contributed by atoms with Crippen molar-refractivity contribution in [2.24, 2.45) is 23.7 Å². The molecule has 6 heteroatoms. The van der Waals surface area contributed by atoms with Gasteiger partial charge in [0.25, 0.3) is 0 Å². The van der Waals surface area contributed by atoms with Gasteiger partial charge in [0.05, 0.1) is 36.9 Å². The number of esters is 1. The fraction of sp³-hybridized carbons (Fsp3) is 0.594. The van der Waals surface area contributed by atoms with Crippen LogP contribution in [0.4, 0.5) is 0 Å². The molecule has 2 heterocycles. The third-order valence-electron chi connectivity index (χ3n) is 8.65. The van der Waals surface area contributed by atoms with Crippen molar-refractivity contribution in [3.8, 4) is 5.75 Å². The molecule has 0 saturated carbocycles. The first-order valence-corrected chi connectivity index (χ1v) is 14.0. The number of para-hydroxylation sites is 1. The number of aliphatic hydroxyl groups excluding tert-OH is 1. The highest BCUT2D eigenvalue weighted by Crippen LogP contribution is 2.46. The lowest BCUT2D eigenvalue weighted by Crippen LogP contribution is -2.53. The highest BCUT2D eigenvalue weighted by atomic mass is 16.7. The second kappa shape index (κ2) is 11.9. The number of aliphatic hydroxyl groups is 1. The number of fused-ring (bicyclic) bond motifs is 2. The number of hydrogen-bond acceptors (Lipinski definition) is 6. The minimum atomic E-state index is -0.961. The monoisotopic (exact) mass is 524 g/mol. The summed E-state index contributed by atoms with van der Waals surface area (Å²) in [6.07, 6.45) is 0.610. The Hall–Kier alpha value is -2.25. The largest absolute Gasteiger partial charge is 0.426 e. The highest BCUT2D eigenvalue weighted by Gasteiger charge is 2.52. The lowest BCUT2D eigenvalue weighted by atomic mass is 9.78. The average Bonchev–Trinajstić information content (AvgIpc) is 3.24. The molecule has 2 bridgehead atoms.